The molecule has 166 valence electrons. The van der Waals surface area contributed by atoms with Gasteiger partial charge in [-0.25, -0.2) is 0 Å². The van der Waals surface area contributed by atoms with E-state index < -0.39 is 0 Å². The molecule has 1 aliphatic rings. The first-order valence-corrected chi connectivity index (χ1v) is 11.2. The van der Waals surface area contributed by atoms with Crippen molar-refractivity contribution in [3.8, 4) is 11.5 Å². The summed E-state index contributed by atoms with van der Waals surface area (Å²) >= 11 is 0. The van der Waals surface area contributed by atoms with Crippen LogP contribution in [-0.4, -0.2) is 25.8 Å². The maximum atomic E-state index is 13.6. The molecule has 0 unspecified atom stereocenters. The van der Waals surface area contributed by atoms with Crippen molar-refractivity contribution in [1.82, 2.24) is 0 Å². The molecular formula is C29H26O4. The highest BCUT2D eigenvalue weighted by Gasteiger charge is 2.43. The molecule has 0 aromatic heterocycles. The molecule has 0 fully saturated rings. The fraction of sp³-hybridized carbons (Fsp3) is 0.241. The van der Waals surface area contributed by atoms with Gasteiger partial charge in [0, 0.05) is 28.9 Å². The van der Waals surface area contributed by atoms with Gasteiger partial charge >= 0.3 is 0 Å². The zero-order valence-electron chi connectivity index (χ0n) is 19.2. The zero-order valence-corrected chi connectivity index (χ0v) is 19.2. The van der Waals surface area contributed by atoms with Gasteiger partial charge in [0.05, 0.1) is 14.2 Å². The molecule has 0 radical (unpaired) electrons. The predicted octanol–water partition coefficient (Wildman–Crippen LogP) is 6.45. The van der Waals surface area contributed by atoms with Gasteiger partial charge in [-0.1, -0.05) is 50.2 Å². The lowest BCUT2D eigenvalue weighted by Crippen LogP contribution is -2.23. The number of ketones is 2. The van der Waals surface area contributed by atoms with Crippen LogP contribution in [0.15, 0.2) is 66.7 Å². The van der Waals surface area contributed by atoms with Crippen molar-refractivity contribution < 1.29 is 19.1 Å². The molecule has 0 spiro atoms. The van der Waals surface area contributed by atoms with Gasteiger partial charge in [0.1, 0.15) is 11.5 Å². The maximum Gasteiger partial charge on any atom is 0.166 e. The van der Waals surface area contributed by atoms with Crippen molar-refractivity contribution in [2.45, 2.75) is 19.8 Å². The molecule has 4 aromatic carbocycles. The second-order valence-electron chi connectivity index (χ2n) is 8.87. The average molecular weight is 439 g/mol. The zero-order chi connectivity index (χ0) is 23.3. The van der Waals surface area contributed by atoms with Crippen LogP contribution in [0.3, 0.4) is 0 Å². The number of Topliss-reactive ketones (excluding diaryl/α,β-unsaturated/α-hetero) is 2. The van der Waals surface area contributed by atoms with Gasteiger partial charge in [0.2, 0.25) is 0 Å². The van der Waals surface area contributed by atoms with Crippen LogP contribution in [0.2, 0.25) is 0 Å². The lowest BCUT2D eigenvalue weighted by atomic mass is 9.77. The van der Waals surface area contributed by atoms with Gasteiger partial charge in [-0.2, -0.15) is 0 Å². The molecule has 0 bridgehead atoms. The van der Waals surface area contributed by atoms with E-state index in [1.807, 2.05) is 80.6 Å². The van der Waals surface area contributed by atoms with E-state index in [4.69, 9.17) is 9.47 Å². The van der Waals surface area contributed by atoms with Crippen LogP contribution in [-0.2, 0) is 0 Å². The number of methoxy groups -OCH3 is 2. The third kappa shape index (κ3) is 3.37. The number of rotatable bonds is 5. The summed E-state index contributed by atoms with van der Waals surface area (Å²) in [5.74, 6) is 0.948. The molecule has 0 N–H and O–H groups in total. The first-order chi connectivity index (χ1) is 15.9. The van der Waals surface area contributed by atoms with Crippen molar-refractivity contribution in [2.24, 2.45) is 11.8 Å². The summed E-state index contributed by atoms with van der Waals surface area (Å²) in [6.45, 7) is 3.89. The van der Waals surface area contributed by atoms with Crippen LogP contribution in [0.1, 0.15) is 46.0 Å². The van der Waals surface area contributed by atoms with Crippen LogP contribution in [0, 0.1) is 11.8 Å². The van der Waals surface area contributed by atoms with Crippen molar-refractivity contribution in [1.29, 1.82) is 0 Å². The fourth-order valence-corrected chi connectivity index (χ4v) is 5.30. The second kappa shape index (κ2) is 8.04. The van der Waals surface area contributed by atoms with Crippen molar-refractivity contribution in [3.05, 3.63) is 83.4 Å². The highest BCUT2D eigenvalue weighted by molar-refractivity contribution is 6.10. The average Bonchev–Trinajstić information content (AvgIpc) is 3.12. The summed E-state index contributed by atoms with van der Waals surface area (Å²) < 4.78 is 10.7. The molecule has 4 aromatic rings. The van der Waals surface area contributed by atoms with Crippen LogP contribution in [0.25, 0.3) is 21.5 Å². The Bertz CT molecular complexity index is 1420. The predicted molar refractivity (Wildman–Crippen MR) is 131 cm³/mol. The molecule has 0 saturated carbocycles. The van der Waals surface area contributed by atoms with Gasteiger partial charge in [-0.15, -0.1) is 0 Å². The Morgan fingerprint density at radius 2 is 1.42 bits per heavy atom. The molecule has 3 atom stereocenters. The number of hydrogen-bond acceptors (Lipinski definition) is 4. The highest BCUT2D eigenvalue weighted by atomic mass is 16.5. The summed E-state index contributed by atoms with van der Waals surface area (Å²) in [6, 6.07) is 21.3. The topological polar surface area (TPSA) is 52.6 Å². The van der Waals surface area contributed by atoms with E-state index in [0.717, 1.165) is 44.2 Å². The van der Waals surface area contributed by atoms with E-state index in [-0.39, 0.29) is 29.3 Å². The molecule has 5 rings (SSSR count). The molecule has 0 aliphatic heterocycles. The van der Waals surface area contributed by atoms with Crippen molar-refractivity contribution in [3.63, 3.8) is 0 Å². The number of carbonyl (C=O) groups is 2. The van der Waals surface area contributed by atoms with Crippen molar-refractivity contribution >= 4 is 33.1 Å². The molecule has 1 aliphatic carbocycles. The standard InChI is InChI=1S/C29H26O4/c1-16(28(30)21-6-5-19-14-22(32-3)9-7-18(19)13-21)26-17(2)29(31)25-11-8-20-15-23(33-4)10-12-24(20)27(25)26/h5-17,26H,1-4H3/t16-,17-,26-/m1/s1. The summed E-state index contributed by atoms with van der Waals surface area (Å²) in [7, 11) is 3.28. The fourth-order valence-electron chi connectivity index (χ4n) is 5.30. The Morgan fingerprint density at radius 1 is 0.818 bits per heavy atom. The molecule has 0 amide bonds. The number of carbonyl (C=O) groups excluding carboxylic acids is 2. The Balaban J connectivity index is 1.57. The van der Waals surface area contributed by atoms with E-state index in [1.54, 1.807) is 14.2 Å². The summed E-state index contributed by atoms with van der Waals surface area (Å²) in [5, 5.41) is 4.04. The monoisotopic (exact) mass is 438 g/mol. The summed E-state index contributed by atoms with van der Waals surface area (Å²) in [6.07, 6.45) is 0. The molecule has 0 heterocycles. The number of benzene rings is 4. The van der Waals surface area contributed by atoms with E-state index in [9.17, 15) is 9.59 Å². The van der Waals surface area contributed by atoms with E-state index in [2.05, 4.69) is 0 Å². The normalized spacial score (nSPS) is 18.4. The quantitative estimate of drug-likeness (QED) is 0.336. The molecule has 4 heteroatoms. The minimum absolute atomic E-state index is 0.0516. The van der Waals surface area contributed by atoms with Crippen LogP contribution in [0.4, 0.5) is 0 Å². The highest BCUT2D eigenvalue weighted by Crippen LogP contribution is 2.47. The van der Waals surface area contributed by atoms with Crippen LogP contribution < -0.4 is 9.47 Å². The molecule has 0 saturated heterocycles. The third-order valence-corrected chi connectivity index (χ3v) is 7.10. The van der Waals surface area contributed by atoms with Gasteiger partial charge in [-0.05, 0) is 57.4 Å². The maximum absolute atomic E-state index is 13.6. The third-order valence-electron chi connectivity index (χ3n) is 7.10. The van der Waals surface area contributed by atoms with Gasteiger partial charge in [0.15, 0.2) is 11.6 Å². The first-order valence-electron chi connectivity index (χ1n) is 11.2. The Hall–Kier alpha value is -3.66. The van der Waals surface area contributed by atoms with Crippen molar-refractivity contribution in [2.75, 3.05) is 14.2 Å². The number of hydrogen-bond donors (Lipinski definition) is 0. The van der Waals surface area contributed by atoms with E-state index in [0.29, 0.717) is 5.56 Å². The lowest BCUT2D eigenvalue weighted by molar-refractivity contribution is 0.0862. The van der Waals surface area contributed by atoms with Gasteiger partial charge in [0.25, 0.3) is 0 Å². The minimum atomic E-state index is -0.339. The second-order valence-corrected chi connectivity index (χ2v) is 8.87. The number of ether oxygens (including phenoxy) is 2. The number of fused-ring (bicyclic) bond motifs is 4. The van der Waals surface area contributed by atoms with Crippen LogP contribution >= 0.6 is 0 Å². The SMILES string of the molecule is COc1ccc2cc(C(=O)[C@H](C)[C@H]3c4c(ccc5cc(OC)ccc45)C(=O)[C@@H]3C)ccc2c1. The molecular weight excluding hydrogens is 412 g/mol. The Labute approximate surface area is 193 Å². The minimum Gasteiger partial charge on any atom is -0.497 e. The summed E-state index contributed by atoms with van der Waals surface area (Å²) in [5.41, 5.74) is 2.38. The molecule has 33 heavy (non-hydrogen) atoms. The van der Waals surface area contributed by atoms with Gasteiger partial charge in [-0.3, -0.25) is 9.59 Å². The smallest absolute Gasteiger partial charge is 0.166 e. The first kappa shape index (κ1) is 21.2. The largest absolute Gasteiger partial charge is 0.497 e. The van der Waals surface area contributed by atoms with E-state index in [1.165, 1.54) is 0 Å². The lowest BCUT2D eigenvalue weighted by Gasteiger charge is -2.24. The van der Waals surface area contributed by atoms with Gasteiger partial charge < -0.3 is 9.47 Å². The van der Waals surface area contributed by atoms with Crippen LogP contribution in [0.5, 0.6) is 11.5 Å². The Kier molecular flexibility index (Phi) is 5.16. The summed E-state index contributed by atoms with van der Waals surface area (Å²) in [4.78, 5) is 26.8. The molecule has 4 nitrogen and oxygen atoms in total. The Morgan fingerprint density at radius 3 is 2.15 bits per heavy atom. The van der Waals surface area contributed by atoms with E-state index >= 15 is 0 Å².